The molecule has 0 aliphatic carbocycles. The summed E-state index contributed by atoms with van der Waals surface area (Å²) in [5.41, 5.74) is 2.87. The number of hydrogen-bond acceptors (Lipinski definition) is 3. The summed E-state index contributed by atoms with van der Waals surface area (Å²) >= 11 is 6.13. The van der Waals surface area contributed by atoms with E-state index in [1.807, 2.05) is 50.2 Å². The summed E-state index contributed by atoms with van der Waals surface area (Å²) in [6.45, 7) is 4.30. The van der Waals surface area contributed by atoms with E-state index in [-0.39, 0.29) is 29.4 Å². The number of carbonyl (C=O) groups is 1. The van der Waals surface area contributed by atoms with Gasteiger partial charge >= 0.3 is 0 Å². The molecule has 2 heterocycles. The largest absolute Gasteiger partial charge is 0.355 e. The molecule has 5 nitrogen and oxygen atoms in total. The highest BCUT2D eigenvalue weighted by atomic mass is 35.5. The van der Waals surface area contributed by atoms with E-state index in [0.29, 0.717) is 18.0 Å². The molecule has 1 aliphatic heterocycles. The van der Waals surface area contributed by atoms with E-state index in [1.54, 1.807) is 4.90 Å². The Morgan fingerprint density at radius 1 is 1.21 bits per heavy atom. The van der Waals surface area contributed by atoms with E-state index >= 15 is 0 Å². The standard InChI is InChI=1S/C21H23ClN2O3S/c1-3-24(16-8-9-28(26,27)12-16)21(25)13(2)14-4-6-17-18-11-15(22)5-7-19(18)23-20(17)10-14/h4-7,10-11,13,16,23H,3,8-9,12H2,1-2H3/t13-,16-/m1/s1. The molecule has 1 N–H and O–H groups in total. The Bertz CT molecular complexity index is 1170. The van der Waals surface area contributed by atoms with Crippen molar-refractivity contribution < 1.29 is 13.2 Å². The van der Waals surface area contributed by atoms with Gasteiger partial charge in [-0.05, 0) is 50.1 Å². The lowest BCUT2D eigenvalue weighted by molar-refractivity contribution is -0.134. The molecule has 2 aromatic carbocycles. The van der Waals surface area contributed by atoms with Crippen LogP contribution in [-0.4, -0.2) is 48.3 Å². The third-order valence-electron chi connectivity index (χ3n) is 5.73. The molecule has 0 saturated carbocycles. The van der Waals surface area contributed by atoms with Gasteiger partial charge in [0.15, 0.2) is 9.84 Å². The van der Waals surface area contributed by atoms with Crippen molar-refractivity contribution >= 4 is 49.2 Å². The number of H-pyrrole nitrogens is 1. The molecule has 0 radical (unpaired) electrons. The Kier molecular flexibility index (Phi) is 4.88. The molecule has 0 bridgehead atoms. The van der Waals surface area contributed by atoms with Crippen LogP contribution < -0.4 is 0 Å². The first-order chi connectivity index (χ1) is 13.3. The maximum absolute atomic E-state index is 13.1. The van der Waals surface area contributed by atoms with Gasteiger partial charge in [-0.1, -0.05) is 23.7 Å². The molecule has 28 heavy (non-hydrogen) atoms. The molecule has 1 aliphatic rings. The highest BCUT2D eigenvalue weighted by Gasteiger charge is 2.35. The number of rotatable bonds is 4. The van der Waals surface area contributed by atoms with E-state index < -0.39 is 9.84 Å². The van der Waals surface area contributed by atoms with Crippen molar-refractivity contribution in [1.82, 2.24) is 9.88 Å². The Balaban J connectivity index is 1.64. The second kappa shape index (κ2) is 7.08. The van der Waals surface area contributed by atoms with E-state index in [4.69, 9.17) is 11.6 Å². The van der Waals surface area contributed by atoms with Crippen molar-refractivity contribution in [1.29, 1.82) is 0 Å². The normalized spacial score (nSPS) is 19.9. The van der Waals surface area contributed by atoms with Crippen molar-refractivity contribution in [2.24, 2.45) is 0 Å². The zero-order chi connectivity index (χ0) is 20.1. The van der Waals surface area contributed by atoms with Crippen LogP contribution in [0.1, 0.15) is 31.7 Å². The smallest absolute Gasteiger partial charge is 0.230 e. The number of amides is 1. The highest BCUT2D eigenvalue weighted by Crippen LogP contribution is 2.31. The lowest BCUT2D eigenvalue weighted by Gasteiger charge is -2.29. The van der Waals surface area contributed by atoms with Gasteiger partial charge in [-0.25, -0.2) is 8.42 Å². The number of nitrogens with one attached hydrogen (secondary N) is 1. The summed E-state index contributed by atoms with van der Waals surface area (Å²) in [7, 11) is -3.03. The number of benzene rings is 2. The Hall–Kier alpha value is -2.05. The minimum Gasteiger partial charge on any atom is -0.355 e. The molecular formula is C21H23ClN2O3S. The number of halogens is 1. The fourth-order valence-electron chi connectivity index (χ4n) is 4.17. The van der Waals surface area contributed by atoms with Crippen LogP contribution in [0.5, 0.6) is 0 Å². The SMILES string of the molecule is CCN(C(=O)[C@H](C)c1ccc2c(c1)[nH]c1ccc(Cl)cc12)[C@@H]1CCS(=O)(=O)C1. The molecule has 1 aromatic heterocycles. The number of sulfone groups is 1. The van der Waals surface area contributed by atoms with Gasteiger partial charge in [-0.2, -0.15) is 0 Å². The van der Waals surface area contributed by atoms with E-state index in [9.17, 15) is 13.2 Å². The summed E-state index contributed by atoms with van der Waals surface area (Å²) < 4.78 is 23.7. The topological polar surface area (TPSA) is 70.2 Å². The molecule has 1 saturated heterocycles. The molecule has 0 spiro atoms. The van der Waals surface area contributed by atoms with Gasteiger partial charge in [-0.15, -0.1) is 0 Å². The Morgan fingerprint density at radius 3 is 2.68 bits per heavy atom. The predicted octanol–water partition coefficient (Wildman–Crippen LogP) is 4.11. The van der Waals surface area contributed by atoms with Gasteiger partial charge in [0.25, 0.3) is 0 Å². The average Bonchev–Trinajstić information content (AvgIpc) is 3.20. The van der Waals surface area contributed by atoms with E-state index in [0.717, 1.165) is 27.4 Å². The average molecular weight is 419 g/mol. The molecule has 1 amide bonds. The molecule has 2 atom stereocenters. The lowest BCUT2D eigenvalue weighted by atomic mass is 9.97. The quantitative estimate of drug-likeness (QED) is 0.693. The van der Waals surface area contributed by atoms with Crippen molar-refractivity contribution in [2.75, 3.05) is 18.1 Å². The summed E-state index contributed by atoms with van der Waals surface area (Å²) in [6.07, 6.45) is 0.524. The van der Waals surface area contributed by atoms with Crippen LogP contribution in [-0.2, 0) is 14.6 Å². The molecule has 4 rings (SSSR count). The van der Waals surface area contributed by atoms with Crippen LogP contribution in [0.15, 0.2) is 36.4 Å². The van der Waals surface area contributed by atoms with Gasteiger partial charge in [0.05, 0.1) is 17.4 Å². The molecular weight excluding hydrogens is 396 g/mol. The maximum atomic E-state index is 13.1. The zero-order valence-electron chi connectivity index (χ0n) is 15.9. The number of fused-ring (bicyclic) bond motifs is 3. The highest BCUT2D eigenvalue weighted by molar-refractivity contribution is 7.91. The Labute approximate surface area is 169 Å². The van der Waals surface area contributed by atoms with Gasteiger partial charge in [0.2, 0.25) is 5.91 Å². The number of carbonyl (C=O) groups excluding carboxylic acids is 1. The molecule has 0 unspecified atom stereocenters. The zero-order valence-corrected chi connectivity index (χ0v) is 17.5. The molecule has 1 fully saturated rings. The first-order valence-corrected chi connectivity index (χ1v) is 11.7. The third kappa shape index (κ3) is 3.40. The van der Waals surface area contributed by atoms with Crippen molar-refractivity contribution in [2.45, 2.75) is 32.2 Å². The number of hydrogen-bond donors (Lipinski definition) is 1. The fraction of sp³-hybridized carbons (Fsp3) is 0.381. The van der Waals surface area contributed by atoms with Crippen molar-refractivity contribution in [3.63, 3.8) is 0 Å². The minimum atomic E-state index is -3.03. The number of likely N-dealkylation sites (N-methyl/N-ethyl adjacent to an activating group) is 1. The number of aromatic nitrogens is 1. The summed E-state index contributed by atoms with van der Waals surface area (Å²) in [4.78, 5) is 18.2. The van der Waals surface area contributed by atoms with Crippen LogP contribution in [0.25, 0.3) is 21.8 Å². The minimum absolute atomic E-state index is 0.0249. The van der Waals surface area contributed by atoms with Crippen LogP contribution in [0, 0.1) is 0 Å². The van der Waals surface area contributed by atoms with E-state index in [2.05, 4.69) is 4.98 Å². The summed E-state index contributed by atoms with van der Waals surface area (Å²) in [6, 6.07) is 11.5. The summed E-state index contributed by atoms with van der Waals surface area (Å²) in [5.74, 6) is -0.133. The third-order valence-corrected chi connectivity index (χ3v) is 7.71. The second-order valence-corrected chi connectivity index (χ2v) is 10.2. The van der Waals surface area contributed by atoms with Crippen LogP contribution in [0.4, 0.5) is 0 Å². The fourth-order valence-corrected chi connectivity index (χ4v) is 6.07. The monoisotopic (exact) mass is 418 g/mol. The summed E-state index contributed by atoms with van der Waals surface area (Å²) in [5, 5.41) is 2.81. The van der Waals surface area contributed by atoms with Crippen molar-refractivity contribution in [3.8, 4) is 0 Å². The maximum Gasteiger partial charge on any atom is 0.230 e. The molecule has 7 heteroatoms. The second-order valence-electron chi connectivity index (χ2n) is 7.52. The predicted molar refractivity (Wildman–Crippen MR) is 114 cm³/mol. The Morgan fingerprint density at radius 2 is 2.00 bits per heavy atom. The van der Waals surface area contributed by atoms with Crippen molar-refractivity contribution in [3.05, 3.63) is 47.0 Å². The first-order valence-electron chi connectivity index (χ1n) is 9.51. The van der Waals surface area contributed by atoms with Gasteiger partial charge in [-0.3, -0.25) is 4.79 Å². The van der Waals surface area contributed by atoms with Crippen LogP contribution in [0.2, 0.25) is 5.02 Å². The van der Waals surface area contributed by atoms with Gasteiger partial charge < -0.3 is 9.88 Å². The molecule has 148 valence electrons. The van der Waals surface area contributed by atoms with Crippen LogP contribution in [0.3, 0.4) is 0 Å². The van der Waals surface area contributed by atoms with Crippen LogP contribution >= 0.6 is 11.6 Å². The lowest BCUT2D eigenvalue weighted by Crippen LogP contribution is -2.43. The van der Waals surface area contributed by atoms with E-state index in [1.165, 1.54) is 0 Å². The first kappa shape index (κ1) is 19.3. The van der Waals surface area contributed by atoms with Gasteiger partial charge in [0.1, 0.15) is 0 Å². The number of aromatic amines is 1. The number of nitrogens with zero attached hydrogens (tertiary/aromatic N) is 1. The van der Waals surface area contributed by atoms with Gasteiger partial charge in [0, 0.05) is 39.4 Å². The molecule has 3 aromatic rings.